The minimum absolute atomic E-state index is 0.156. The van der Waals surface area contributed by atoms with Crippen molar-refractivity contribution in [3.63, 3.8) is 0 Å². The highest BCUT2D eigenvalue weighted by Crippen LogP contribution is 2.25. The first-order valence-corrected chi connectivity index (χ1v) is 9.82. The summed E-state index contributed by atoms with van der Waals surface area (Å²) in [5.41, 5.74) is 3.20. The summed E-state index contributed by atoms with van der Waals surface area (Å²) in [4.78, 5) is 33.6. The average Bonchev–Trinajstić information content (AvgIpc) is 2.75. The third kappa shape index (κ3) is 3.54. The number of likely N-dealkylation sites (N-methyl/N-ethyl adjacent to an activating group) is 1. The Morgan fingerprint density at radius 3 is 2.93 bits per heavy atom. The second-order valence-corrected chi connectivity index (χ2v) is 7.49. The Morgan fingerprint density at radius 1 is 1.21 bits per heavy atom. The highest BCUT2D eigenvalue weighted by Gasteiger charge is 2.18. The molecular formula is C20H23N7O2. The number of pyridine rings is 2. The Hall–Kier alpha value is -3.04. The van der Waals surface area contributed by atoms with Crippen LogP contribution >= 0.6 is 0 Å². The number of ether oxygens (including phenoxy) is 1. The Balaban J connectivity index is 1.50. The van der Waals surface area contributed by atoms with Crippen LogP contribution < -0.4 is 15.8 Å². The van der Waals surface area contributed by atoms with Crippen molar-refractivity contribution < 1.29 is 4.74 Å². The molecule has 2 aliphatic rings. The standard InChI is InChI=1S/C20H23N7O2/c1-26-5-3-15-14(12-26)10-16(19(28)23-15)24-20-22-11-13-2-4-21-18(17(13)25-20)27-6-8-29-9-7-27/h2,4,10-11H,3,5-9,12H2,1H3,(H,23,28)(H,22,24,25). The lowest BCUT2D eigenvalue weighted by atomic mass is 10.1. The van der Waals surface area contributed by atoms with Gasteiger partial charge in [-0.1, -0.05) is 0 Å². The normalized spacial score (nSPS) is 17.3. The van der Waals surface area contributed by atoms with E-state index in [1.54, 1.807) is 12.4 Å². The van der Waals surface area contributed by atoms with E-state index in [1.807, 2.05) is 12.1 Å². The van der Waals surface area contributed by atoms with Crippen LogP contribution in [0.3, 0.4) is 0 Å². The van der Waals surface area contributed by atoms with E-state index in [9.17, 15) is 4.79 Å². The van der Waals surface area contributed by atoms with Crippen LogP contribution in [0, 0.1) is 0 Å². The summed E-state index contributed by atoms with van der Waals surface area (Å²) in [6, 6.07) is 3.80. The molecule has 0 amide bonds. The Labute approximate surface area is 167 Å². The van der Waals surface area contributed by atoms with Crippen LogP contribution in [0.5, 0.6) is 0 Å². The number of fused-ring (bicyclic) bond motifs is 2. The molecule has 0 aromatic carbocycles. The minimum atomic E-state index is -0.156. The van der Waals surface area contributed by atoms with Crippen LogP contribution in [-0.2, 0) is 17.7 Å². The van der Waals surface area contributed by atoms with Gasteiger partial charge in [0.25, 0.3) is 5.56 Å². The fourth-order valence-corrected chi connectivity index (χ4v) is 3.87. The van der Waals surface area contributed by atoms with Gasteiger partial charge in [0.15, 0.2) is 5.82 Å². The van der Waals surface area contributed by atoms with E-state index in [2.05, 4.69) is 42.1 Å². The Kier molecular flexibility index (Phi) is 4.61. The van der Waals surface area contributed by atoms with Gasteiger partial charge in [0.2, 0.25) is 5.95 Å². The minimum Gasteiger partial charge on any atom is -0.378 e. The molecule has 0 spiro atoms. The van der Waals surface area contributed by atoms with Crippen LogP contribution in [0.1, 0.15) is 11.3 Å². The van der Waals surface area contributed by atoms with Crippen LogP contribution in [0.4, 0.5) is 17.5 Å². The monoisotopic (exact) mass is 393 g/mol. The summed E-state index contributed by atoms with van der Waals surface area (Å²) in [6.07, 6.45) is 4.38. The van der Waals surface area contributed by atoms with Gasteiger partial charge in [0.05, 0.1) is 13.2 Å². The van der Waals surface area contributed by atoms with E-state index in [4.69, 9.17) is 4.74 Å². The summed E-state index contributed by atoms with van der Waals surface area (Å²) in [6.45, 7) is 4.65. The van der Waals surface area contributed by atoms with Crippen molar-refractivity contribution >= 4 is 28.4 Å². The van der Waals surface area contributed by atoms with Gasteiger partial charge < -0.3 is 24.8 Å². The number of hydrogen-bond donors (Lipinski definition) is 2. The van der Waals surface area contributed by atoms with Crippen molar-refractivity contribution in [3.8, 4) is 0 Å². The summed E-state index contributed by atoms with van der Waals surface area (Å²) < 4.78 is 5.45. The molecule has 0 radical (unpaired) electrons. The van der Waals surface area contributed by atoms with Gasteiger partial charge in [-0.3, -0.25) is 4.79 Å². The number of aromatic nitrogens is 4. The fraction of sp³-hybridized carbons (Fsp3) is 0.400. The number of anilines is 3. The van der Waals surface area contributed by atoms with Gasteiger partial charge in [0, 0.05) is 56.1 Å². The van der Waals surface area contributed by atoms with Crippen LogP contribution in [0.25, 0.3) is 10.9 Å². The summed E-state index contributed by atoms with van der Waals surface area (Å²) in [5, 5.41) is 4.01. The first kappa shape index (κ1) is 18.0. The molecule has 0 unspecified atom stereocenters. The Morgan fingerprint density at radius 2 is 2.07 bits per heavy atom. The largest absolute Gasteiger partial charge is 0.378 e. The number of hydrogen-bond acceptors (Lipinski definition) is 8. The lowest BCUT2D eigenvalue weighted by Gasteiger charge is -2.28. The number of morpholine rings is 1. The van der Waals surface area contributed by atoms with Crippen molar-refractivity contribution in [1.29, 1.82) is 0 Å². The van der Waals surface area contributed by atoms with Gasteiger partial charge in [-0.05, 0) is 24.7 Å². The van der Waals surface area contributed by atoms with E-state index in [1.165, 1.54) is 0 Å². The maximum absolute atomic E-state index is 12.5. The van der Waals surface area contributed by atoms with Crippen molar-refractivity contribution in [2.24, 2.45) is 0 Å². The second-order valence-electron chi connectivity index (χ2n) is 7.49. The van der Waals surface area contributed by atoms with Gasteiger partial charge in [0.1, 0.15) is 11.2 Å². The molecule has 2 aliphatic heterocycles. The molecule has 0 aliphatic carbocycles. The van der Waals surface area contributed by atoms with Crippen molar-refractivity contribution in [2.75, 3.05) is 50.1 Å². The Bertz CT molecular complexity index is 1110. The van der Waals surface area contributed by atoms with E-state index >= 15 is 0 Å². The molecule has 0 atom stereocenters. The third-order valence-electron chi connectivity index (χ3n) is 5.44. The van der Waals surface area contributed by atoms with Gasteiger partial charge in [-0.25, -0.2) is 15.0 Å². The summed E-state index contributed by atoms with van der Waals surface area (Å²) >= 11 is 0. The number of rotatable bonds is 3. The molecule has 1 fully saturated rings. The maximum Gasteiger partial charge on any atom is 0.271 e. The molecule has 3 aromatic heterocycles. The zero-order valence-electron chi connectivity index (χ0n) is 16.3. The molecule has 9 heteroatoms. The molecule has 3 aromatic rings. The van der Waals surface area contributed by atoms with E-state index in [0.29, 0.717) is 24.8 Å². The third-order valence-corrected chi connectivity index (χ3v) is 5.44. The molecule has 1 saturated heterocycles. The van der Waals surface area contributed by atoms with Crippen LogP contribution in [-0.4, -0.2) is 64.7 Å². The predicted octanol–water partition coefficient (Wildman–Crippen LogP) is 1.28. The topological polar surface area (TPSA) is 99.3 Å². The maximum atomic E-state index is 12.5. The number of H-pyrrole nitrogens is 1. The zero-order valence-corrected chi connectivity index (χ0v) is 16.3. The van der Waals surface area contributed by atoms with Crippen LogP contribution in [0.15, 0.2) is 29.3 Å². The summed E-state index contributed by atoms with van der Waals surface area (Å²) in [5.74, 6) is 1.20. The van der Waals surface area contributed by atoms with Gasteiger partial charge in [-0.2, -0.15) is 0 Å². The molecule has 29 heavy (non-hydrogen) atoms. The van der Waals surface area contributed by atoms with Crippen molar-refractivity contribution in [1.82, 2.24) is 24.8 Å². The number of aromatic amines is 1. The molecule has 5 rings (SSSR count). The summed E-state index contributed by atoms with van der Waals surface area (Å²) in [7, 11) is 2.08. The fourth-order valence-electron chi connectivity index (χ4n) is 3.87. The average molecular weight is 393 g/mol. The zero-order chi connectivity index (χ0) is 19.8. The van der Waals surface area contributed by atoms with Crippen molar-refractivity contribution in [3.05, 3.63) is 46.1 Å². The predicted molar refractivity (Wildman–Crippen MR) is 111 cm³/mol. The molecule has 0 saturated carbocycles. The quantitative estimate of drug-likeness (QED) is 0.687. The highest BCUT2D eigenvalue weighted by atomic mass is 16.5. The van der Waals surface area contributed by atoms with E-state index in [-0.39, 0.29) is 5.56 Å². The molecule has 0 bridgehead atoms. The highest BCUT2D eigenvalue weighted by molar-refractivity contribution is 5.88. The first-order valence-electron chi connectivity index (χ1n) is 9.82. The van der Waals surface area contributed by atoms with Gasteiger partial charge >= 0.3 is 0 Å². The van der Waals surface area contributed by atoms with E-state index < -0.39 is 0 Å². The number of nitrogens with one attached hydrogen (secondary N) is 2. The molecule has 2 N–H and O–H groups in total. The first-order chi connectivity index (χ1) is 14.2. The SMILES string of the molecule is CN1CCc2[nH]c(=O)c(Nc3ncc4ccnc(N5CCOCC5)c4n3)cc2C1. The van der Waals surface area contributed by atoms with E-state index in [0.717, 1.165) is 60.6 Å². The molecular weight excluding hydrogens is 370 g/mol. The lowest BCUT2D eigenvalue weighted by molar-refractivity contribution is 0.122. The van der Waals surface area contributed by atoms with Crippen LogP contribution in [0.2, 0.25) is 0 Å². The lowest BCUT2D eigenvalue weighted by Crippen LogP contribution is -2.37. The van der Waals surface area contributed by atoms with Gasteiger partial charge in [-0.15, -0.1) is 0 Å². The molecule has 5 heterocycles. The van der Waals surface area contributed by atoms with Crippen molar-refractivity contribution in [2.45, 2.75) is 13.0 Å². The number of nitrogens with zero attached hydrogens (tertiary/aromatic N) is 5. The molecule has 9 nitrogen and oxygen atoms in total. The second kappa shape index (κ2) is 7.41. The smallest absolute Gasteiger partial charge is 0.271 e. The molecule has 150 valence electrons.